The molecule has 0 aromatic rings. The molecule has 2 aliphatic heterocycles. The number of hydrogen-bond acceptors (Lipinski definition) is 5. The van der Waals surface area contributed by atoms with Gasteiger partial charge in [-0.25, -0.2) is 9.59 Å². The summed E-state index contributed by atoms with van der Waals surface area (Å²) in [6, 6.07) is 0.0779. The number of amides is 1. The maximum Gasteiger partial charge on any atom is 0.410 e. The molecule has 6 heteroatoms. The summed E-state index contributed by atoms with van der Waals surface area (Å²) >= 11 is 0. The SMILES string of the molecule is COC(=O)C(O)CC1[C@H]2C[C@@H]1N(C(=O)OC(C)(C)C)C2. The highest BCUT2D eigenvalue weighted by molar-refractivity contribution is 5.74. The second kappa shape index (κ2) is 5.24. The zero-order valence-corrected chi connectivity index (χ0v) is 12.5. The average molecular weight is 285 g/mol. The monoisotopic (exact) mass is 285 g/mol. The number of nitrogens with zero attached hydrogens (tertiary/aromatic N) is 1. The standard InChI is InChI=1S/C14H23NO5/c1-14(2,3)20-13(18)15-7-8-5-10(15)9(8)6-11(16)12(17)19-4/h8-11,16H,5-7H2,1-4H3/t8-,9?,10-,11?/m0/s1. The first-order valence-electron chi connectivity index (χ1n) is 6.98. The normalized spacial score (nSPS) is 29.6. The molecule has 3 fully saturated rings. The Morgan fingerprint density at radius 2 is 2.05 bits per heavy atom. The molecular formula is C14H23NO5. The lowest BCUT2D eigenvalue weighted by Gasteiger charge is -2.37. The maximum atomic E-state index is 12.1. The molecule has 4 atom stereocenters. The Balaban J connectivity index is 1.90. The van der Waals surface area contributed by atoms with Crippen molar-refractivity contribution in [2.45, 2.75) is 51.4 Å². The first kappa shape index (κ1) is 15.1. The number of methoxy groups -OCH3 is 1. The summed E-state index contributed by atoms with van der Waals surface area (Å²) in [4.78, 5) is 25.0. The molecule has 6 nitrogen and oxygen atoms in total. The van der Waals surface area contributed by atoms with E-state index in [2.05, 4.69) is 4.74 Å². The molecule has 0 aromatic carbocycles. The highest BCUT2D eigenvalue weighted by atomic mass is 16.6. The second-order valence-corrected chi connectivity index (χ2v) is 6.63. The summed E-state index contributed by atoms with van der Waals surface area (Å²) in [5, 5.41) is 9.72. The smallest absolute Gasteiger partial charge is 0.410 e. The molecule has 0 aromatic heterocycles. The number of carbonyl (C=O) groups is 2. The maximum absolute atomic E-state index is 12.1. The van der Waals surface area contributed by atoms with E-state index < -0.39 is 17.7 Å². The molecule has 0 spiro atoms. The van der Waals surface area contributed by atoms with E-state index in [1.54, 1.807) is 4.90 Å². The summed E-state index contributed by atoms with van der Waals surface area (Å²) < 4.78 is 9.89. The summed E-state index contributed by atoms with van der Waals surface area (Å²) in [5.74, 6) is -0.0939. The fourth-order valence-electron chi connectivity index (χ4n) is 3.10. The van der Waals surface area contributed by atoms with Crippen molar-refractivity contribution in [2.24, 2.45) is 11.8 Å². The first-order valence-corrected chi connectivity index (χ1v) is 6.98. The van der Waals surface area contributed by atoms with Crippen LogP contribution in [-0.4, -0.2) is 53.5 Å². The van der Waals surface area contributed by atoms with Crippen LogP contribution in [0.5, 0.6) is 0 Å². The zero-order chi connectivity index (χ0) is 15.1. The van der Waals surface area contributed by atoms with Crippen molar-refractivity contribution in [3.63, 3.8) is 0 Å². The number of rotatable bonds is 3. The van der Waals surface area contributed by atoms with E-state index in [0.29, 0.717) is 18.9 Å². The predicted octanol–water partition coefficient (Wildman–Crippen LogP) is 1.17. The van der Waals surface area contributed by atoms with Gasteiger partial charge in [-0.1, -0.05) is 0 Å². The van der Waals surface area contributed by atoms with Crippen molar-refractivity contribution in [1.82, 2.24) is 4.90 Å². The van der Waals surface area contributed by atoms with E-state index in [1.165, 1.54) is 7.11 Å². The number of hydrogen-bond donors (Lipinski definition) is 1. The third kappa shape index (κ3) is 2.90. The average Bonchev–Trinajstić information content (AvgIpc) is 2.90. The molecule has 3 aliphatic rings. The number of carbonyl (C=O) groups excluding carboxylic acids is 2. The fourth-order valence-corrected chi connectivity index (χ4v) is 3.10. The van der Waals surface area contributed by atoms with Gasteiger partial charge >= 0.3 is 12.1 Å². The topological polar surface area (TPSA) is 76.1 Å². The van der Waals surface area contributed by atoms with Gasteiger partial charge < -0.3 is 19.5 Å². The molecule has 1 saturated carbocycles. The molecular weight excluding hydrogens is 262 g/mol. The molecule has 2 bridgehead atoms. The van der Waals surface area contributed by atoms with Crippen LogP contribution in [0.4, 0.5) is 4.79 Å². The number of esters is 1. The van der Waals surface area contributed by atoms with Crippen molar-refractivity contribution in [2.75, 3.05) is 13.7 Å². The molecule has 2 unspecified atom stereocenters. The van der Waals surface area contributed by atoms with Gasteiger partial charge in [-0.3, -0.25) is 0 Å². The molecule has 3 rings (SSSR count). The van der Waals surface area contributed by atoms with Crippen LogP contribution in [0.1, 0.15) is 33.6 Å². The van der Waals surface area contributed by atoms with Crippen molar-refractivity contribution in [1.29, 1.82) is 0 Å². The fraction of sp³-hybridized carbons (Fsp3) is 0.857. The summed E-state index contributed by atoms with van der Waals surface area (Å²) in [6.07, 6.45) is -0.131. The molecule has 20 heavy (non-hydrogen) atoms. The quantitative estimate of drug-likeness (QED) is 0.788. The third-order valence-electron chi connectivity index (χ3n) is 4.07. The van der Waals surface area contributed by atoms with Crippen molar-refractivity contribution in [3.8, 4) is 0 Å². The van der Waals surface area contributed by atoms with Gasteiger partial charge in [0.1, 0.15) is 5.60 Å². The van der Waals surface area contributed by atoms with Crippen molar-refractivity contribution in [3.05, 3.63) is 0 Å². The van der Waals surface area contributed by atoms with E-state index in [1.807, 2.05) is 20.8 Å². The van der Waals surface area contributed by atoms with Gasteiger partial charge in [0.15, 0.2) is 6.10 Å². The van der Waals surface area contributed by atoms with Gasteiger partial charge in [0.25, 0.3) is 0 Å². The zero-order valence-electron chi connectivity index (χ0n) is 12.5. The molecule has 2 saturated heterocycles. The Hall–Kier alpha value is -1.30. The van der Waals surface area contributed by atoms with Crippen LogP contribution in [-0.2, 0) is 14.3 Å². The van der Waals surface area contributed by atoms with Crippen LogP contribution in [0.3, 0.4) is 0 Å². The van der Waals surface area contributed by atoms with Crippen molar-refractivity contribution < 1.29 is 24.2 Å². The van der Waals surface area contributed by atoms with Crippen LogP contribution in [0, 0.1) is 11.8 Å². The number of fused-ring (bicyclic) bond motifs is 1. The van der Waals surface area contributed by atoms with Crippen LogP contribution < -0.4 is 0 Å². The summed E-state index contributed by atoms with van der Waals surface area (Å²) in [6.45, 7) is 6.16. The highest BCUT2D eigenvalue weighted by Crippen LogP contribution is 2.48. The second-order valence-electron chi connectivity index (χ2n) is 6.63. The Bertz CT molecular complexity index is 403. The summed E-state index contributed by atoms with van der Waals surface area (Å²) in [7, 11) is 1.26. The molecule has 114 valence electrons. The predicted molar refractivity (Wildman–Crippen MR) is 71.0 cm³/mol. The van der Waals surface area contributed by atoms with Crippen molar-refractivity contribution >= 4 is 12.1 Å². The number of aliphatic hydroxyl groups excluding tert-OH is 1. The number of aliphatic hydroxyl groups is 1. The largest absolute Gasteiger partial charge is 0.467 e. The lowest BCUT2D eigenvalue weighted by molar-refractivity contribution is -0.152. The minimum absolute atomic E-state index is 0.0779. The molecule has 1 aliphatic carbocycles. The van der Waals surface area contributed by atoms with Crippen LogP contribution in [0.2, 0.25) is 0 Å². The minimum atomic E-state index is -1.10. The van der Waals surface area contributed by atoms with E-state index in [0.717, 1.165) is 6.42 Å². The molecule has 1 amide bonds. The van der Waals surface area contributed by atoms with Crippen LogP contribution >= 0.6 is 0 Å². The first-order chi connectivity index (χ1) is 9.23. The number of ether oxygens (including phenoxy) is 2. The Labute approximate surface area is 119 Å². The third-order valence-corrected chi connectivity index (χ3v) is 4.07. The van der Waals surface area contributed by atoms with Gasteiger partial charge in [-0.2, -0.15) is 0 Å². The van der Waals surface area contributed by atoms with E-state index in [-0.39, 0.29) is 18.1 Å². The lowest BCUT2D eigenvalue weighted by atomic mass is 9.71. The minimum Gasteiger partial charge on any atom is -0.467 e. The molecule has 0 radical (unpaired) electrons. The Morgan fingerprint density at radius 1 is 1.40 bits per heavy atom. The van der Waals surface area contributed by atoms with Gasteiger partial charge in [0.2, 0.25) is 0 Å². The van der Waals surface area contributed by atoms with Gasteiger partial charge in [0.05, 0.1) is 7.11 Å². The van der Waals surface area contributed by atoms with Crippen LogP contribution in [0.25, 0.3) is 0 Å². The van der Waals surface area contributed by atoms with Gasteiger partial charge in [0, 0.05) is 12.6 Å². The van der Waals surface area contributed by atoms with E-state index in [4.69, 9.17) is 4.74 Å². The molecule has 1 N–H and O–H groups in total. The van der Waals surface area contributed by atoms with Gasteiger partial charge in [-0.15, -0.1) is 0 Å². The van der Waals surface area contributed by atoms with E-state index >= 15 is 0 Å². The van der Waals surface area contributed by atoms with Crippen LogP contribution in [0.15, 0.2) is 0 Å². The Kier molecular flexibility index (Phi) is 3.95. The van der Waals surface area contributed by atoms with Gasteiger partial charge in [-0.05, 0) is 45.4 Å². The lowest BCUT2D eigenvalue weighted by Crippen LogP contribution is -2.45. The Morgan fingerprint density at radius 3 is 2.60 bits per heavy atom. The highest BCUT2D eigenvalue weighted by Gasteiger charge is 2.55. The summed E-state index contributed by atoms with van der Waals surface area (Å²) in [5.41, 5.74) is -0.509. The molecule has 2 heterocycles. The van der Waals surface area contributed by atoms with E-state index in [9.17, 15) is 14.7 Å².